The molecule has 0 aliphatic carbocycles. The van der Waals surface area contributed by atoms with Gasteiger partial charge in [0.05, 0.1) is 0 Å². The molecule has 0 aromatic rings. The Balaban J connectivity index is 2.40. The van der Waals surface area contributed by atoms with Crippen molar-refractivity contribution in [2.24, 2.45) is 0 Å². The molecule has 1 rings (SSSR count). The Bertz CT molecular complexity index is 433. The Labute approximate surface area is 214 Å². The van der Waals surface area contributed by atoms with Crippen LogP contribution in [0.1, 0.15) is 117 Å². The SMILES string of the molecule is CCCCCCCCCCN1P(Cl)(Cl)(Cl)N(CCCCCCCCCC)P1(Cl)(Cl)Cl. The summed E-state index contributed by atoms with van der Waals surface area (Å²) >= 11 is 40.5. The number of hydrogen-bond donors (Lipinski definition) is 0. The van der Waals surface area contributed by atoms with E-state index in [1.165, 1.54) is 77.0 Å². The van der Waals surface area contributed by atoms with Gasteiger partial charge in [-0.1, -0.05) is 0 Å². The molecule has 0 amide bonds. The molecule has 0 radical (unpaired) electrons. The van der Waals surface area contributed by atoms with Gasteiger partial charge < -0.3 is 0 Å². The van der Waals surface area contributed by atoms with E-state index in [9.17, 15) is 0 Å². The molecule has 2 nitrogen and oxygen atoms in total. The zero-order valence-corrected chi connectivity index (χ0v) is 25.1. The molecule has 184 valence electrons. The Morgan fingerprint density at radius 3 is 0.900 bits per heavy atom. The molecule has 1 saturated heterocycles. The first-order valence-corrected chi connectivity index (χ1v) is 21.6. The zero-order valence-electron chi connectivity index (χ0n) is 18.8. The van der Waals surface area contributed by atoms with Crippen molar-refractivity contribution in [1.29, 1.82) is 0 Å². The fourth-order valence-electron chi connectivity index (χ4n) is 4.06. The molecular weight excluding hydrogens is 543 g/mol. The summed E-state index contributed by atoms with van der Waals surface area (Å²) in [5, 5.41) is 0. The van der Waals surface area contributed by atoms with E-state index >= 15 is 0 Å². The molecule has 0 unspecified atom stereocenters. The van der Waals surface area contributed by atoms with Crippen LogP contribution in [0.4, 0.5) is 0 Å². The Hall–Kier alpha value is 2.52. The Morgan fingerprint density at radius 2 is 0.633 bits per heavy atom. The Kier molecular flexibility index (Phi) is 13.8. The van der Waals surface area contributed by atoms with Crippen LogP contribution in [0, 0.1) is 0 Å². The summed E-state index contributed by atoms with van der Waals surface area (Å²) in [5.74, 6) is 0. The van der Waals surface area contributed by atoms with Gasteiger partial charge in [0.25, 0.3) is 0 Å². The summed E-state index contributed by atoms with van der Waals surface area (Å²) in [5.41, 5.74) is 0. The van der Waals surface area contributed by atoms with E-state index in [0.29, 0.717) is 13.1 Å². The average molecular weight is 585 g/mol. The predicted molar refractivity (Wildman–Crippen MR) is 148 cm³/mol. The minimum absolute atomic E-state index is 0.547. The van der Waals surface area contributed by atoms with Crippen molar-refractivity contribution in [2.45, 2.75) is 117 Å². The van der Waals surface area contributed by atoms with Crippen LogP contribution >= 0.6 is 77.4 Å². The van der Waals surface area contributed by atoms with E-state index in [0.717, 1.165) is 25.7 Å². The number of hydrogen-bond acceptors (Lipinski definition) is 2. The van der Waals surface area contributed by atoms with Crippen LogP contribution in [0.2, 0.25) is 0 Å². The fraction of sp³-hybridized carbons (Fsp3) is 1.00. The molecule has 0 saturated carbocycles. The van der Waals surface area contributed by atoms with Gasteiger partial charge >= 0.3 is 216 Å². The van der Waals surface area contributed by atoms with Gasteiger partial charge in [-0.15, -0.1) is 0 Å². The molecule has 1 aliphatic heterocycles. The maximum absolute atomic E-state index is 6.75. The summed E-state index contributed by atoms with van der Waals surface area (Å²) in [6.07, 6.45) is 19.2. The van der Waals surface area contributed by atoms with Gasteiger partial charge in [-0.3, -0.25) is 0 Å². The van der Waals surface area contributed by atoms with E-state index < -0.39 is 9.93 Å². The maximum atomic E-state index is 6.75. The van der Waals surface area contributed by atoms with Crippen molar-refractivity contribution < 1.29 is 0 Å². The van der Waals surface area contributed by atoms with Gasteiger partial charge in [0.15, 0.2) is 0 Å². The number of rotatable bonds is 18. The second kappa shape index (κ2) is 13.6. The van der Waals surface area contributed by atoms with Crippen LogP contribution in [0.25, 0.3) is 0 Å². The van der Waals surface area contributed by atoms with Gasteiger partial charge in [0.1, 0.15) is 0 Å². The second-order valence-corrected chi connectivity index (χ2v) is 28.8. The predicted octanol–water partition coefficient (Wildman–Crippen LogP) is 12.6. The standard InChI is InChI=1S/C20H42Cl6N2P2/c1-3-5-7-9-11-13-15-17-19-27-29(21,22,23)28(30(27,24,25)26)20-18-16-14-12-10-8-6-4-2/h3-20H2,1-2H3. The first-order valence-electron chi connectivity index (χ1n) is 11.9. The van der Waals surface area contributed by atoms with E-state index in [1.54, 1.807) is 8.88 Å². The summed E-state index contributed by atoms with van der Waals surface area (Å²) in [6, 6.07) is 0. The van der Waals surface area contributed by atoms with Crippen LogP contribution in [-0.2, 0) is 0 Å². The first kappa shape index (κ1) is 30.6. The molecule has 0 N–H and O–H groups in total. The third kappa shape index (κ3) is 8.95. The fourth-order valence-corrected chi connectivity index (χ4v) is 33.1. The molecule has 10 heteroatoms. The van der Waals surface area contributed by atoms with Gasteiger partial charge in [-0.05, 0) is 0 Å². The van der Waals surface area contributed by atoms with E-state index in [2.05, 4.69) is 13.8 Å². The van der Waals surface area contributed by atoms with E-state index in [1.807, 2.05) is 0 Å². The normalized spacial score (nSPS) is 24.9. The number of nitrogens with zero attached hydrogens (tertiary/aromatic N) is 2. The van der Waals surface area contributed by atoms with Crippen molar-refractivity contribution in [3.05, 3.63) is 0 Å². The van der Waals surface area contributed by atoms with Crippen molar-refractivity contribution in [1.82, 2.24) is 8.88 Å². The zero-order chi connectivity index (χ0) is 22.8. The number of halogens is 6. The average Bonchev–Trinajstić information content (AvgIpc) is 2.63. The first-order chi connectivity index (χ1) is 13.9. The molecule has 0 bridgehead atoms. The quantitative estimate of drug-likeness (QED) is 0.117. The van der Waals surface area contributed by atoms with Gasteiger partial charge in [-0.25, -0.2) is 0 Å². The molecule has 1 aliphatic rings. The topological polar surface area (TPSA) is 6.48 Å². The van der Waals surface area contributed by atoms with E-state index in [-0.39, 0.29) is 0 Å². The molecule has 0 aromatic carbocycles. The monoisotopic (exact) mass is 582 g/mol. The minimum atomic E-state index is -3.83. The third-order valence-corrected chi connectivity index (χ3v) is 24.1. The number of unbranched alkanes of at least 4 members (excludes halogenated alkanes) is 14. The van der Waals surface area contributed by atoms with Crippen LogP contribution in [-0.4, -0.2) is 22.0 Å². The van der Waals surface area contributed by atoms with Crippen molar-refractivity contribution in [3.63, 3.8) is 0 Å². The van der Waals surface area contributed by atoms with Crippen LogP contribution < -0.4 is 0 Å². The van der Waals surface area contributed by atoms with Crippen LogP contribution in [0.5, 0.6) is 0 Å². The molecule has 1 heterocycles. The summed E-state index contributed by atoms with van der Waals surface area (Å²) < 4.78 is 3.29. The Morgan fingerprint density at radius 1 is 0.400 bits per heavy atom. The third-order valence-electron chi connectivity index (χ3n) is 5.88. The molecule has 30 heavy (non-hydrogen) atoms. The van der Waals surface area contributed by atoms with E-state index in [4.69, 9.17) is 67.4 Å². The second-order valence-electron chi connectivity index (χ2n) is 8.61. The molecule has 1 fully saturated rings. The van der Waals surface area contributed by atoms with Crippen molar-refractivity contribution in [3.8, 4) is 0 Å². The molecular formula is C20H42Cl6N2P2. The van der Waals surface area contributed by atoms with Crippen molar-refractivity contribution >= 4 is 77.4 Å². The van der Waals surface area contributed by atoms with Gasteiger partial charge in [0, 0.05) is 0 Å². The molecule has 0 spiro atoms. The van der Waals surface area contributed by atoms with Crippen LogP contribution in [0.3, 0.4) is 0 Å². The molecule has 0 atom stereocenters. The summed E-state index contributed by atoms with van der Waals surface area (Å²) in [7, 11) is 0. The van der Waals surface area contributed by atoms with Crippen molar-refractivity contribution in [2.75, 3.05) is 13.1 Å². The summed E-state index contributed by atoms with van der Waals surface area (Å²) in [4.78, 5) is -7.66. The van der Waals surface area contributed by atoms with Crippen LogP contribution in [0.15, 0.2) is 0 Å². The summed E-state index contributed by atoms with van der Waals surface area (Å²) in [6.45, 7) is 5.56. The van der Waals surface area contributed by atoms with Gasteiger partial charge in [-0.2, -0.15) is 0 Å². The van der Waals surface area contributed by atoms with Gasteiger partial charge in [0.2, 0.25) is 0 Å². The molecule has 0 aromatic heterocycles.